The SMILES string of the molecule is CC1(c2ccccc2)NC(=O)N(NC(=O)c2cccc(NC(=O)c3cccnc3)c2)C1=O. The van der Waals surface area contributed by atoms with Gasteiger partial charge in [0.2, 0.25) is 0 Å². The minimum atomic E-state index is -1.30. The molecule has 0 saturated carbocycles. The zero-order valence-electron chi connectivity index (χ0n) is 17.0. The van der Waals surface area contributed by atoms with Gasteiger partial charge in [-0.3, -0.25) is 24.8 Å². The van der Waals surface area contributed by atoms with Crippen LogP contribution in [0.5, 0.6) is 0 Å². The van der Waals surface area contributed by atoms with Gasteiger partial charge in [-0.2, -0.15) is 5.01 Å². The van der Waals surface area contributed by atoms with Crippen LogP contribution < -0.4 is 16.1 Å². The van der Waals surface area contributed by atoms with Gasteiger partial charge in [-0.15, -0.1) is 0 Å². The van der Waals surface area contributed by atoms with Crippen molar-refractivity contribution in [1.82, 2.24) is 20.7 Å². The first-order valence-electron chi connectivity index (χ1n) is 9.73. The largest absolute Gasteiger partial charge is 0.344 e. The molecule has 3 N–H and O–H groups in total. The van der Waals surface area contributed by atoms with Crippen LogP contribution in [0, 0.1) is 0 Å². The van der Waals surface area contributed by atoms with Gasteiger partial charge in [0.1, 0.15) is 5.54 Å². The average Bonchev–Trinajstić information content (AvgIpc) is 3.04. The summed E-state index contributed by atoms with van der Waals surface area (Å²) >= 11 is 0. The first-order chi connectivity index (χ1) is 15.4. The Hall–Kier alpha value is -4.53. The van der Waals surface area contributed by atoms with Gasteiger partial charge in [0, 0.05) is 23.6 Å². The second kappa shape index (κ2) is 8.31. The molecule has 32 heavy (non-hydrogen) atoms. The van der Waals surface area contributed by atoms with Gasteiger partial charge in [0.05, 0.1) is 5.56 Å². The fourth-order valence-electron chi connectivity index (χ4n) is 3.31. The molecular formula is C23H19N5O4. The Balaban J connectivity index is 1.48. The summed E-state index contributed by atoms with van der Waals surface area (Å²) in [5, 5.41) is 5.96. The molecule has 0 spiro atoms. The number of rotatable bonds is 5. The van der Waals surface area contributed by atoms with E-state index in [1.165, 1.54) is 18.3 Å². The molecule has 4 rings (SSSR count). The smallest absolute Gasteiger partial charge is 0.322 e. The van der Waals surface area contributed by atoms with E-state index in [4.69, 9.17) is 0 Å². The number of imide groups is 1. The molecule has 0 bridgehead atoms. The molecule has 2 heterocycles. The lowest BCUT2D eigenvalue weighted by molar-refractivity contribution is -0.132. The topological polar surface area (TPSA) is 120 Å². The van der Waals surface area contributed by atoms with Crippen LogP contribution in [0.25, 0.3) is 0 Å². The molecule has 9 nitrogen and oxygen atoms in total. The number of benzene rings is 2. The number of nitrogens with zero attached hydrogens (tertiary/aromatic N) is 2. The Morgan fingerprint density at radius 3 is 2.41 bits per heavy atom. The Morgan fingerprint density at radius 2 is 1.69 bits per heavy atom. The zero-order chi connectivity index (χ0) is 22.7. The molecule has 3 aromatic rings. The Bertz CT molecular complexity index is 1200. The highest BCUT2D eigenvalue weighted by Gasteiger charge is 2.50. The summed E-state index contributed by atoms with van der Waals surface area (Å²) < 4.78 is 0. The number of anilines is 1. The summed E-state index contributed by atoms with van der Waals surface area (Å²) in [6.07, 6.45) is 2.98. The first-order valence-corrected chi connectivity index (χ1v) is 9.73. The number of carbonyl (C=O) groups is 4. The van der Waals surface area contributed by atoms with E-state index in [-0.39, 0.29) is 11.5 Å². The van der Waals surface area contributed by atoms with Crippen molar-refractivity contribution < 1.29 is 19.2 Å². The Morgan fingerprint density at radius 1 is 0.938 bits per heavy atom. The molecule has 1 atom stereocenters. The standard InChI is InChI=1S/C23H19N5O4/c1-23(17-9-3-2-4-10-17)21(31)28(22(32)26-23)27-20(30)15-7-5-11-18(13-15)25-19(29)16-8-6-12-24-14-16/h2-14H,1H3,(H,25,29)(H,26,32)(H,27,30). The number of urea groups is 1. The normalized spacial score (nSPS) is 17.6. The number of nitrogens with one attached hydrogen (secondary N) is 3. The molecule has 1 aromatic heterocycles. The summed E-state index contributed by atoms with van der Waals surface area (Å²) in [6.45, 7) is 1.57. The Labute approximate surface area is 183 Å². The zero-order valence-corrected chi connectivity index (χ0v) is 17.0. The maximum Gasteiger partial charge on any atom is 0.344 e. The summed E-state index contributed by atoms with van der Waals surface area (Å²) in [6, 6.07) is 17.4. The van der Waals surface area contributed by atoms with Crippen molar-refractivity contribution in [1.29, 1.82) is 0 Å². The van der Waals surface area contributed by atoms with Crippen molar-refractivity contribution in [3.63, 3.8) is 0 Å². The van der Waals surface area contributed by atoms with Crippen molar-refractivity contribution in [2.75, 3.05) is 5.32 Å². The van der Waals surface area contributed by atoms with Crippen LogP contribution in [0.2, 0.25) is 0 Å². The van der Waals surface area contributed by atoms with Gasteiger partial charge in [-0.1, -0.05) is 36.4 Å². The van der Waals surface area contributed by atoms with Crippen LogP contribution in [0.3, 0.4) is 0 Å². The van der Waals surface area contributed by atoms with E-state index in [2.05, 4.69) is 21.0 Å². The first kappa shape index (κ1) is 20.7. The second-order valence-corrected chi connectivity index (χ2v) is 7.28. The highest BCUT2D eigenvalue weighted by molar-refractivity contribution is 6.10. The van der Waals surface area contributed by atoms with Crippen molar-refractivity contribution >= 4 is 29.4 Å². The molecule has 0 radical (unpaired) electrons. The molecule has 2 aromatic carbocycles. The predicted molar refractivity (Wildman–Crippen MR) is 115 cm³/mol. The van der Waals surface area contributed by atoms with Crippen molar-refractivity contribution in [2.24, 2.45) is 0 Å². The molecule has 5 amide bonds. The molecule has 1 aliphatic rings. The Kier molecular flexibility index (Phi) is 5.38. The maximum atomic E-state index is 12.9. The van der Waals surface area contributed by atoms with Crippen LogP contribution in [0.4, 0.5) is 10.5 Å². The van der Waals surface area contributed by atoms with Gasteiger partial charge < -0.3 is 10.6 Å². The highest BCUT2D eigenvalue weighted by atomic mass is 16.2. The van der Waals surface area contributed by atoms with E-state index in [9.17, 15) is 19.2 Å². The lowest BCUT2D eigenvalue weighted by Crippen LogP contribution is -2.47. The van der Waals surface area contributed by atoms with Gasteiger partial charge in [0.25, 0.3) is 17.7 Å². The molecule has 1 unspecified atom stereocenters. The number of carbonyl (C=O) groups excluding carboxylic acids is 4. The number of hydrogen-bond acceptors (Lipinski definition) is 5. The molecular weight excluding hydrogens is 410 g/mol. The van der Waals surface area contributed by atoms with Gasteiger partial charge in [0.15, 0.2) is 0 Å². The third kappa shape index (κ3) is 3.91. The summed E-state index contributed by atoms with van der Waals surface area (Å²) in [5.41, 5.74) is 2.53. The van der Waals surface area contributed by atoms with E-state index in [0.717, 1.165) is 0 Å². The van der Waals surface area contributed by atoms with E-state index >= 15 is 0 Å². The van der Waals surface area contributed by atoms with E-state index in [0.29, 0.717) is 21.8 Å². The summed E-state index contributed by atoms with van der Waals surface area (Å²) in [7, 11) is 0. The molecule has 0 aliphatic carbocycles. The fraction of sp³-hybridized carbons (Fsp3) is 0.0870. The van der Waals surface area contributed by atoms with E-state index in [1.54, 1.807) is 67.7 Å². The summed E-state index contributed by atoms with van der Waals surface area (Å²) in [5.74, 6) is -1.67. The maximum absolute atomic E-state index is 12.9. The molecule has 1 saturated heterocycles. The van der Waals surface area contributed by atoms with Crippen LogP contribution in [0.1, 0.15) is 33.2 Å². The lowest BCUT2D eigenvalue weighted by Gasteiger charge is -2.22. The lowest BCUT2D eigenvalue weighted by atomic mass is 9.92. The van der Waals surface area contributed by atoms with Gasteiger partial charge in [-0.25, -0.2) is 4.79 Å². The molecule has 1 aliphatic heterocycles. The average molecular weight is 429 g/mol. The van der Waals surface area contributed by atoms with Crippen molar-refractivity contribution in [2.45, 2.75) is 12.5 Å². The van der Waals surface area contributed by atoms with Crippen molar-refractivity contribution in [3.8, 4) is 0 Å². The van der Waals surface area contributed by atoms with Crippen LogP contribution >= 0.6 is 0 Å². The van der Waals surface area contributed by atoms with Crippen LogP contribution in [-0.2, 0) is 10.3 Å². The highest BCUT2D eigenvalue weighted by Crippen LogP contribution is 2.27. The quantitative estimate of drug-likeness (QED) is 0.538. The molecule has 160 valence electrons. The number of hydrogen-bond donors (Lipinski definition) is 3. The van der Waals surface area contributed by atoms with Crippen LogP contribution in [-0.4, -0.2) is 33.7 Å². The second-order valence-electron chi connectivity index (χ2n) is 7.28. The number of aromatic nitrogens is 1. The monoisotopic (exact) mass is 429 g/mol. The van der Waals surface area contributed by atoms with Crippen LogP contribution in [0.15, 0.2) is 79.1 Å². The van der Waals surface area contributed by atoms with E-state index < -0.39 is 23.4 Å². The number of amides is 5. The third-order valence-corrected chi connectivity index (χ3v) is 5.06. The van der Waals surface area contributed by atoms with E-state index in [1.807, 2.05) is 0 Å². The molecule has 1 fully saturated rings. The van der Waals surface area contributed by atoms with Crippen molar-refractivity contribution in [3.05, 3.63) is 95.8 Å². The minimum Gasteiger partial charge on any atom is -0.322 e. The minimum absolute atomic E-state index is 0.155. The predicted octanol–water partition coefficient (Wildman–Crippen LogP) is 2.45. The molecule has 9 heteroatoms. The van der Waals surface area contributed by atoms with Gasteiger partial charge >= 0.3 is 6.03 Å². The van der Waals surface area contributed by atoms with Gasteiger partial charge in [-0.05, 0) is 42.8 Å². The summed E-state index contributed by atoms with van der Waals surface area (Å²) in [4.78, 5) is 54.3. The number of pyridine rings is 1. The fourth-order valence-corrected chi connectivity index (χ4v) is 3.31. The third-order valence-electron chi connectivity index (χ3n) is 5.06. The number of hydrazine groups is 1.